The Morgan fingerprint density at radius 1 is 0.935 bits per heavy atom. The third kappa shape index (κ3) is 10.5. The molecule has 0 unspecified atom stereocenters. The Labute approximate surface area is 189 Å². The van der Waals surface area contributed by atoms with Crippen LogP contribution < -0.4 is 10.8 Å². The molecule has 2 aromatic rings. The molecule has 168 valence electrons. The molecule has 0 fully saturated rings. The van der Waals surface area contributed by atoms with Gasteiger partial charge in [0, 0.05) is 18.0 Å². The van der Waals surface area contributed by atoms with Crippen molar-refractivity contribution in [2.75, 3.05) is 37.5 Å². The standard InChI is InChI=1S/C24H33N3O3S/c1-27(2)14-15-31-18-24(29)25-22-9-5-8-20(16-22)7-4-3-6-19-10-12-21(13-11-19)17-23(28)26-30/h5,8-13,16,30H,3-4,6-7,14-15,17-18H2,1-2H3,(H,25,29)(H,26,28). The molecule has 0 heterocycles. The average Bonchev–Trinajstić information content (AvgIpc) is 2.75. The molecule has 0 atom stereocenters. The van der Waals surface area contributed by atoms with E-state index in [0.717, 1.165) is 49.2 Å². The second-order valence-corrected chi connectivity index (χ2v) is 8.94. The zero-order valence-corrected chi connectivity index (χ0v) is 19.2. The van der Waals surface area contributed by atoms with Gasteiger partial charge in [-0.2, -0.15) is 11.8 Å². The van der Waals surface area contributed by atoms with Gasteiger partial charge in [0.05, 0.1) is 12.2 Å². The molecule has 2 amide bonds. The van der Waals surface area contributed by atoms with Crippen LogP contribution >= 0.6 is 11.8 Å². The maximum absolute atomic E-state index is 12.1. The van der Waals surface area contributed by atoms with Crippen molar-refractivity contribution in [3.05, 3.63) is 65.2 Å². The molecule has 31 heavy (non-hydrogen) atoms. The first-order valence-corrected chi connectivity index (χ1v) is 11.7. The van der Waals surface area contributed by atoms with Gasteiger partial charge in [0.1, 0.15) is 0 Å². The van der Waals surface area contributed by atoms with Crippen LogP contribution in [0.3, 0.4) is 0 Å². The van der Waals surface area contributed by atoms with E-state index in [1.165, 1.54) is 11.1 Å². The lowest BCUT2D eigenvalue weighted by Crippen LogP contribution is -2.20. The maximum Gasteiger partial charge on any atom is 0.247 e. The van der Waals surface area contributed by atoms with Gasteiger partial charge >= 0.3 is 0 Å². The van der Waals surface area contributed by atoms with Crippen LogP contribution in [0.25, 0.3) is 0 Å². The smallest absolute Gasteiger partial charge is 0.247 e. The zero-order chi connectivity index (χ0) is 22.5. The van der Waals surface area contributed by atoms with Crippen molar-refractivity contribution in [3.8, 4) is 0 Å². The SMILES string of the molecule is CN(C)CCSCC(=O)Nc1cccc(CCCCc2ccc(CC(=O)NO)cc2)c1. The molecular weight excluding hydrogens is 410 g/mol. The molecule has 0 saturated heterocycles. The van der Waals surface area contributed by atoms with E-state index < -0.39 is 5.91 Å². The topological polar surface area (TPSA) is 81.7 Å². The van der Waals surface area contributed by atoms with Gasteiger partial charge in [-0.1, -0.05) is 36.4 Å². The largest absolute Gasteiger partial charge is 0.325 e. The number of thioether (sulfide) groups is 1. The molecule has 0 aliphatic carbocycles. The first kappa shape index (κ1) is 24.9. The van der Waals surface area contributed by atoms with Crippen LogP contribution in [-0.2, 0) is 28.9 Å². The van der Waals surface area contributed by atoms with Gasteiger partial charge in [-0.3, -0.25) is 14.8 Å². The normalized spacial score (nSPS) is 10.8. The van der Waals surface area contributed by atoms with Gasteiger partial charge < -0.3 is 10.2 Å². The molecule has 0 radical (unpaired) electrons. The van der Waals surface area contributed by atoms with E-state index >= 15 is 0 Å². The molecule has 0 aromatic heterocycles. The van der Waals surface area contributed by atoms with E-state index in [0.29, 0.717) is 5.75 Å². The van der Waals surface area contributed by atoms with Crippen LogP contribution in [-0.4, -0.2) is 54.1 Å². The highest BCUT2D eigenvalue weighted by Gasteiger charge is 2.05. The number of carbonyl (C=O) groups excluding carboxylic acids is 2. The summed E-state index contributed by atoms with van der Waals surface area (Å²) in [7, 11) is 4.06. The zero-order valence-electron chi connectivity index (χ0n) is 18.4. The number of nitrogens with one attached hydrogen (secondary N) is 2. The maximum atomic E-state index is 12.1. The van der Waals surface area contributed by atoms with Gasteiger partial charge in [0.2, 0.25) is 11.8 Å². The highest BCUT2D eigenvalue weighted by Crippen LogP contribution is 2.15. The van der Waals surface area contributed by atoms with E-state index in [1.807, 2.05) is 50.5 Å². The number of nitrogens with zero attached hydrogens (tertiary/aromatic N) is 1. The van der Waals surface area contributed by atoms with Crippen molar-refractivity contribution in [3.63, 3.8) is 0 Å². The van der Waals surface area contributed by atoms with E-state index in [4.69, 9.17) is 5.21 Å². The minimum absolute atomic E-state index is 0.0424. The molecule has 3 N–H and O–H groups in total. The fourth-order valence-corrected chi connectivity index (χ4v) is 4.02. The van der Waals surface area contributed by atoms with Crippen molar-refractivity contribution < 1.29 is 14.8 Å². The summed E-state index contributed by atoms with van der Waals surface area (Å²) in [6, 6.07) is 16.0. The molecular formula is C24H33N3O3S. The molecule has 0 aliphatic rings. The lowest BCUT2D eigenvalue weighted by Gasteiger charge is -2.10. The van der Waals surface area contributed by atoms with E-state index in [9.17, 15) is 9.59 Å². The number of aryl methyl sites for hydroxylation is 2. The molecule has 6 nitrogen and oxygen atoms in total. The molecule has 0 bridgehead atoms. The van der Waals surface area contributed by atoms with Crippen molar-refractivity contribution in [2.45, 2.75) is 32.1 Å². The summed E-state index contributed by atoms with van der Waals surface area (Å²) >= 11 is 1.65. The number of hydrogen-bond acceptors (Lipinski definition) is 5. The van der Waals surface area contributed by atoms with Crippen LogP contribution in [0.4, 0.5) is 5.69 Å². The fourth-order valence-electron chi connectivity index (χ4n) is 3.12. The molecule has 0 saturated carbocycles. The summed E-state index contributed by atoms with van der Waals surface area (Å²) in [5, 5.41) is 11.6. The van der Waals surface area contributed by atoms with E-state index in [-0.39, 0.29) is 12.3 Å². The van der Waals surface area contributed by atoms with Gasteiger partial charge in [-0.25, -0.2) is 5.48 Å². The van der Waals surface area contributed by atoms with Crippen LogP contribution in [0, 0.1) is 0 Å². The summed E-state index contributed by atoms with van der Waals surface area (Å²) in [5.74, 6) is 1.05. The third-order valence-corrected chi connectivity index (χ3v) is 5.76. The minimum Gasteiger partial charge on any atom is -0.325 e. The first-order valence-electron chi connectivity index (χ1n) is 10.6. The molecule has 0 spiro atoms. The highest BCUT2D eigenvalue weighted by molar-refractivity contribution is 7.99. The number of unbranched alkanes of at least 4 members (excludes halogenated alkanes) is 1. The first-order chi connectivity index (χ1) is 15.0. The molecule has 2 rings (SSSR count). The molecule has 7 heteroatoms. The Balaban J connectivity index is 1.69. The molecule has 2 aromatic carbocycles. The summed E-state index contributed by atoms with van der Waals surface area (Å²) in [6.07, 6.45) is 4.25. The van der Waals surface area contributed by atoms with E-state index in [2.05, 4.69) is 22.3 Å². The Kier molecular flexibility index (Phi) is 11.1. The Morgan fingerprint density at radius 2 is 1.61 bits per heavy atom. The van der Waals surface area contributed by atoms with Crippen LogP contribution in [0.5, 0.6) is 0 Å². The van der Waals surface area contributed by atoms with Crippen LogP contribution in [0.1, 0.15) is 29.5 Å². The summed E-state index contributed by atoms with van der Waals surface area (Å²) < 4.78 is 0. The summed E-state index contributed by atoms with van der Waals surface area (Å²) in [6.45, 7) is 0.971. The highest BCUT2D eigenvalue weighted by atomic mass is 32.2. The van der Waals surface area contributed by atoms with Crippen LogP contribution in [0.2, 0.25) is 0 Å². The number of hydrogen-bond donors (Lipinski definition) is 3. The van der Waals surface area contributed by atoms with Crippen molar-refractivity contribution >= 4 is 29.3 Å². The quantitative estimate of drug-likeness (QED) is 0.251. The summed E-state index contributed by atoms with van der Waals surface area (Å²) in [5.41, 5.74) is 5.85. The lowest BCUT2D eigenvalue weighted by atomic mass is 10.0. The number of amides is 2. The Bertz CT molecular complexity index is 825. The van der Waals surface area contributed by atoms with Crippen LogP contribution in [0.15, 0.2) is 48.5 Å². The lowest BCUT2D eigenvalue weighted by molar-refractivity contribution is -0.128. The second-order valence-electron chi connectivity index (χ2n) is 7.84. The number of benzene rings is 2. The number of rotatable bonds is 13. The van der Waals surface area contributed by atoms with Gasteiger partial charge in [0.25, 0.3) is 0 Å². The third-order valence-electron chi connectivity index (χ3n) is 4.82. The summed E-state index contributed by atoms with van der Waals surface area (Å²) in [4.78, 5) is 25.4. The number of anilines is 1. The van der Waals surface area contributed by atoms with Crippen molar-refractivity contribution in [1.82, 2.24) is 10.4 Å². The number of hydroxylamine groups is 1. The van der Waals surface area contributed by atoms with Gasteiger partial charge in [0.15, 0.2) is 0 Å². The van der Waals surface area contributed by atoms with Gasteiger partial charge in [-0.05, 0) is 68.6 Å². The number of carbonyl (C=O) groups is 2. The van der Waals surface area contributed by atoms with Crippen molar-refractivity contribution in [2.24, 2.45) is 0 Å². The van der Waals surface area contributed by atoms with E-state index in [1.54, 1.807) is 17.2 Å². The predicted molar refractivity (Wildman–Crippen MR) is 128 cm³/mol. The second kappa shape index (κ2) is 13.9. The Morgan fingerprint density at radius 3 is 2.29 bits per heavy atom. The monoisotopic (exact) mass is 443 g/mol. The van der Waals surface area contributed by atoms with Gasteiger partial charge in [-0.15, -0.1) is 0 Å². The minimum atomic E-state index is -0.408. The average molecular weight is 444 g/mol. The van der Waals surface area contributed by atoms with Crippen molar-refractivity contribution in [1.29, 1.82) is 0 Å². The molecule has 0 aliphatic heterocycles. The predicted octanol–water partition coefficient (Wildman–Crippen LogP) is 3.53. The fraction of sp³-hybridized carbons (Fsp3) is 0.417. The Hall–Kier alpha value is -2.35.